The fourth-order valence-electron chi connectivity index (χ4n) is 5.63. The van der Waals surface area contributed by atoms with Gasteiger partial charge in [-0.3, -0.25) is 19.1 Å². The molecule has 236 valence electrons. The number of ether oxygens (including phenoxy) is 1. The van der Waals surface area contributed by atoms with Gasteiger partial charge in [-0.2, -0.15) is 13.5 Å². The standard InChI is InChI=1S/C29H35N5O8S2/c1-29(2)22(27(36)34(29)42-44(37,38)39)16-25(35)26(24-17-43-28(30)32-24)33-41-13-12-40-21-10-11-23-19(15-21)8-9-20(31-23)14-18-6-4-3-5-7-18/h8-11,15,17-18,22H,3-7,12-14,16H2,1-2H3,(H2,30,32)(H,37,38,39)/b33-26-. The fraction of sp³-hybridized carbons (Fsp3) is 0.483. The van der Waals surface area contributed by atoms with Crippen LogP contribution in [0.1, 0.15) is 63.8 Å². The number of rotatable bonds is 13. The molecule has 0 spiro atoms. The number of hydroxylamine groups is 2. The maximum atomic E-state index is 13.2. The molecule has 1 aliphatic heterocycles. The SMILES string of the molecule is CC1(C)C(CC(=O)/C(=N\OCCOc2ccc3nc(CC4CCCCC4)ccc3c2)c2csc(N)n2)C(=O)N1OS(=O)(=O)O. The van der Waals surface area contributed by atoms with Crippen LogP contribution in [0.2, 0.25) is 0 Å². The number of ketones is 1. The molecule has 13 nitrogen and oxygen atoms in total. The third-order valence-electron chi connectivity index (χ3n) is 8.00. The number of carbonyl (C=O) groups excluding carboxylic acids is 2. The zero-order valence-electron chi connectivity index (χ0n) is 24.5. The molecule has 0 radical (unpaired) electrons. The van der Waals surface area contributed by atoms with Gasteiger partial charge in [0, 0.05) is 22.9 Å². The van der Waals surface area contributed by atoms with Gasteiger partial charge in [0.05, 0.1) is 17.0 Å². The zero-order valence-corrected chi connectivity index (χ0v) is 26.1. The van der Waals surface area contributed by atoms with Crippen molar-refractivity contribution in [2.45, 2.75) is 64.3 Å². The second-order valence-corrected chi connectivity index (χ2v) is 13.4. The minimum Gasteiger partial charge on any atom is -0.490 e. The number of oxime groups is 1. The van der Waals surface area contributed by atoms with E-state index in [2.05, 4.69) is 26.6 Å². The van der Waals surface area contributed by atoms with Crippen LogP contribution in [0.3, 0.4) is 0 Å². The summed E-state index contributed by atoms with van der Waals surface area (Å²) in [6.45, 7) is 3.15. The van der Waals surface area contributed by atoms with Crippen molar-refractivity contribution in [2.24, 2.45) is 17.0 Å². The number of Topliss-reactive ketones (excluding diaryl/α,β-unsaturated/α-hetero) is 1. The molecule has 2 aromatic heterocycles. The van der Waals surface area contributed by atoms with Crippen molar-refractivity contribution in [3.05, 3.63) is 47.1 Å². The summed E-state index contributed by atoms with van der Waals surface area (Å²) >= 11 is 1.11. The molecule has 3 aromatic rings. The Balaban J connectivity index is 1.17. The van der Waals surface area contributed by atoms with Crippen LogP contribution in [0.5, 0.6) is 5.75 Å². The number of thiazole rings is 1. The van der Waals surface area contributed by atoms with Crippen molar-refractivity contribution < 1.29 is 36.4 Å². The first kappa shape index (κ1) is 31.8. The topological polar surface area (TPSA) is 184 Å². The summed E-state index contributed by atoms with van der Waals surface area (Å²) < 4.78 is 41.3. The summed E-state index contributed by atoms with van der Waals surface area (Å²) in [5.74, 6) is -0.935. The van der Waals surface area contributed by atoms with Gasteiger partial charge in [0.2, 0.25) is 0 Å². The van der Waals surface area contributed by atoms with Gasteiger partial charge in [-0.25, -0.2) is 4.98 Å². The highest BCUT2D eigenvalue weighted by Gasteiger charge is 2.57. The number of pyridine rings is 1. The smallest absolute Gasteiger partial charge is 0.418 e. The Morgan fingerprint density at radius 2 is 1.93 bits per heavy atom. The number of fused-ring (bicyclic) bond motifs is 1. The second-order valence-electron chi connectivity index (χ2n) is 11.5. The lowest BCUT2D eigenvalue weighted by atomic mass is 9.74. The van der Waals surface area contributed by atoms with E-state index < -0.39 is 33.5 Å². The summed E-state index contributed by atoms with van der Waals surface area (Å²) in [6.07, 6.45) is 7.18. The van der Waals surface area contributed by atoms with Gasteiger partial charge in [0.1, 0.15) is 18.1 Å². The maximum absolute atomic E-state index is 13.2. The van der Waals surface area contributed by atoms with Crippen LogP contribution in [0.15, 0.2) is 40.9 Å². The van der Waals surface area contributed by atoms with Crippen molar-refractivity contribution in [3.8, 4) is 5.75 Å². The van der Waals surface area contributed by atoms with Crippen LogP contribution in [0, 0.1) is 11.8 Å². The molecule has 3 N–H and O–H groups in total. The molecule has 1 atom stereocenters. The minimum absolute atomic E-state index is 0.0108. The molecule has 2 fully saturated rings. The van der Waals surface area contributed by atoms with Crippen molar-refractivity contribution in [1.29, 1.82) is 0 Å². The predicted octanol–water partition coefficient (Wildman–Crippen LogP) is 4.13. The highest BCUT2D eigenvalue weighted by Crippen LogP contribution is 2.40. The first-order valence-corrected chi connectivity index (χ1v) is 16.6. The Bertz CT molecular complexity index is 1670. The molecule has 1 aliphatic carbocycles. The number of aromatic nitrogens is 2. The molecule has 1 saturated heterocycles. The van der Waals surface area contributed by atoms with Gasteiger partial charge < -0.3 is 15.3 Å². The number of benzene rings is 1. The summed E-state index contributed by atoms with van der Waals surface area (Å²) in [4.78, 5) is 40.1. The molecule has 3 heterocycles. The van der Waals surface area contributed by atoms with E-state index in [4.69, 9.17) is 24.8 Å². The molecule has 2 aliphatic rings. The summed E-state index contributed by atoms with van der Waals surface area (Å²) in [5, 5.41) is 7.22. The fourth-order valence-corrected chi connectivity index (χ4v) is 6.63. The van der Waals surface area contributed by atoms with Crippen LogP contribution >= 0.6 is 11.3 Å². The van der Waals surface area contributed by atoms with Crippen LogP contribution < -0.4 is 10.5 Å². The number of nitrogens with two attached hydrogens (primary N) is 1. The Labute approximate surface area is 259 Å². The normalized spacial score (nSPS) is 19.2. The first-order valence-electron chi connectivity index (χ1n) is 14.4. The largest absolute Gasteiger partial charge is 0.490 e. The molecule has 1 saturated carbocycles. The molecular weight excluding hydrogens is 610 g/mol. The second kappa shape index (κ2) is 13.1. The van der Waals surface area contributed by atoms with Crippen molar-refractivity contribution in [3.63, 3.8) is 0 Å². The monoisotopic (exact) mass is 645 g/mol. The van der Waals surface area contributed by atoms with E-state index >= 15 is 0 Å². The Hall–Kier alpha value is -3.66. The molecule has 44 heavy (non-hydrogen) atoms. The number of anilines is 1. The van der Waals surface area contributed by atoms with E-state index in [0.29, 0.717) is 16.7 Å². The van der Waals surface area contributed by atoms with E-state index in [1.807, 2.05) is 18.2 Å². The predicted molar refractivity (Wildman–Crippen MR) is 163 cm³/mol. The molecule has 1 amide bonds. The molecule has 0 bridgehead atoms. The Morgan fingerprint density at radius 3 is 2.61 bits per heavy atom. The number of nitrogens with zero attached hydrogens (tertiary/aromatic N) is 4. The van der Waals surface area contributed by atoms with E-state index in [9.17, 15) is 18.0 Å². The molecule has 1 unspecified atom stereocenters. The highest BCUT2D eigenvalue weighted by atomic mass is 32.3. The van der Waals surface area contributed by atoms with Gasteiger partial charge in [-0.15, -0.1) is 15.6 Å². The van der Waals surface area contributed by atoms with E-state index in [0.717, 1.165) is 34.4 Å². The average molecular weight is 646 g/mol. The van der Waals surface area contributed by atoms with Gasteiger partial charge in [0.15, 0.2) is 23.2 Å². The van der Waals surface area contributed by atoms with E-state index in [1.165, 1.54) is 51.3 Å². The number of carbonyl (C=O) groups is 2. The van der Waals surface area contributed by atoms with Gasteiger partial charge in [-0.05, 0) is 50.5 Å². The average Bonchev–Trinajstić information content (AvgIpc) is 3.41. The van der Waals surface area contributed by atoms with Crippen LogP contribution in [0.25, 0.3) is 10.9 Å². The van der Waals surface area contributed by atoms with Crippen molar-refractivity contribution >= 4 is 55.2 Å². The minimum atomic E-state index is -4.91. The quantitative estimate of drug-likeness (QED) is 0.0896. The lowest BCUT2D eigenvalue weighted by molar-refractivity contribution is -0.228. The first-order chi connectivity index (χ1) is 20.9. The summed E-state index contributed by atoms with van der Waals surface area (Å²) in [6, 6.07) is 9.84. The summed E-state index contributed by atoms with van der Waals surface area (Å²) in [7, 11) is -4.91. The van der Waals surface area contributed by atoms with Gasteiger partial charge in [0.25, 0.3) is 5.91 Å². The molecular formula is C29H35N5O8S2. The van der Waals surface area contributed by atoms with Crippen LogP contribution in [-0.2, 0) is 35.5 Å². The van der Waals surface area contributed by atoms with Gasteiger partial charge >= 0.3 is 10.4 Å². The third-order valence-corrected chi connectivity index (χ3v) is 9.01. The Kier molecular flexibility index (Phi) is 9.48. The highest BCUT2D eigenvalue weighted by molar-refractivity contribution is 7.80. The lowest BCUT2D eigenvalue weighted by Crippen LogP contribution is -2.68. The molecule has 5 rings (SSSR count). The van der Waals surface area contributed by atoms with E-state index in [1.54, 1.807) is 0 Å². The van der Waals surface area contributed by atoms with E-state index in [-0.39, 0.29) is 36.2 Å². The third kappa shape index (κ3) is 7.52. The number of hydrogen-bond donors (Lipinski definition) is 2. The molecule has 1 aromatic carbocycles. The van der Waals surface area contributed by atoms with Gasteiger partial charge in [-0.1, -0.05) is 43.3 Å². The number of hydrogen-bond acceptors (Lipinski definition) is 12. The van der Waals surface area contributed by atoms with Crippen LogP contribution in [-0.4, -0.2) is 64.2 Å². The number of β-lactam (4-membered cyclic amide) rings is 1. The van der Waals surface area contributed by atoms with Crippen molar-refractivity contribution in [2.75, 3.05) is 18.9 Å². The van der Waals surface area contributed by atoms with Crippen LogP contribution in [0.4, 0.5) is 5.13 Å². The number of nitrogen functional groups attached to an aromatic ring is 1. The zero-order chi connectivity index (χ0) is 31.5. The summed E-state index contributed by atoms with van der Waals surface area (Å²) in [5.41, 5.74) is 6.62. The number of amides is 1. The molecule has 15 heteroatoms. The van der Waals surface area contributed by atoms with Crippen molar-refractivity contribution in [1.82, 2.24) is 15.0 Å². The maximum Gasteiger partial charge on any atom is 0.418 e. The lowest BCUT2D eigenvalue weighted by Gasteiger charge is -2.50. The Morgan fingerprint density at radius 1 is 1.16 bits per heavy atom.